The highest BCUT2D eigenvalue weighted by Gasteiger charge is 2.36. The number of hydrogen-bond donors (Lipinski definition) is 0. The third-order valence-corrected chi connectivity index (χ3v) is 8.90. The lowest BCUT2D eigenvalue weighted by Gasteiger charge is -2.28. The van der Waals surface area contributed by atoms with E-state index in [1.165, 1.54) is 4.90 Å². The molecule has 0 spiro atoms. The lowest BCUT2D eigenvalue weighted by atomic mass is 10.1. The van der Waals surface area contributed by atoms with Crippen molar-refractivity contribution in [2.45, 2.75) is 44.4 Å². The number of benzene rings is 1. The maximum absolute atomic E-state index is 13.5. The Balaban J connectivity index is 1.97. The molecule has 0 radical (unpaired) electrons. The van der Waals surface area contributed by atoms with Gasteiger partial charge < -0.3 is 9.64 Å². The molecular formula is C21H26ClN3O6S2. The molecule has 1 aromatic carbocycles. The number of rotatable bonds is 9. The van der Waals surface area contributed by atoms with Crippen molar-refractivity contribution < 1.29 is 26.4 Å². The molecule has 0 N–H and O–H groups in total. The Morgan fingerprint density at radius 2 is 1.94 bits per heavy atom. The molecule has 12 heteroatoms. The van der Waals surface area contributed by atoms with E-state index in [-0.39, 0.29) is 40.9 Å². The van der Waals surface area contributed by atoms with Crippen LogP contribution in [0.4, 0.5) is 0 Å². The SMILES string of the molecule is CCCS(=O)(=O)c1ncc(Cl)c(C(=O)N(Cc2ccc(OCC)cc2)C2CCS(=O)(=O)C2)n1. The number of hydrogen-bond acceptors (Lipinski definition) is 8. The van der Waals surface area contributed by atoms with E-state index in [2.05, 4.69) is 9.97 Å². The van der Waals surface area contributed by atoms with E-state index in [4.69, 9.17) is 16.3 Å². The minimum atomic E-state index is -3.78. The molecule has 1 unspecified atom stereocenters. The van der Waals surface area contributed by atoms with E-state index in [1.807, 2.05) is 6.92 Å². The molecule has 1 aliphatic rings. The zero-order valence-electron chi connectivity index (χ0n) is 18.4. The van der Waals surface area contributed by atoms with Crippen LogP contribution in [0.3, 0.4) is 0 Å². The van der Waals surface area contributed by atoms with Crippen LogP contribution in [0.5, 0.6) is 5.75 Å². The third-order valence-electron chi connectivity index (χ3n) is 5.17. The molecule has 180 valence electrons. The van der Waals surface area contributed by atoms with Crippen LogP contribution in [-0.2, 0) is 26.2 Å². The number of halogens is 1. The molecule has 1 amide bonds. The molecule has 1 aliphatic heterocycles. The third kappa shape index (κ3) is 6.21. The molecular weight excluding hydrogens is 490 g/mol. The summed E-state index contributed by atoms with van der Waals surface area (Å²) in [6.45, 7) is 4.19. The first kappa shape index (κ1) is 25.4. The van der Waals surface area contributed by atoms with Crippen molar-refractivity contribution in [3.63, 3.8) is 0 Å². The Labute approximate surface area is 199 Å². The van der Waals surface area contributed by atoms with Crippen LogP contribution < -0.4 is 4.74 Å². The Morgan fingerprint density at radius 3 is 2.52 bits per heavy atom. The van der Waals surface area contributed by atoms with Crippen molar-refractivity contribution in [3.8, 4) is 5.75 Å². The van der Waals surface area contributed by atoms with Crippen LogP contribution in [0.2, 0.25) is 5.02 Å². The highest BCUT2D eigenvalue weighted by molar-refractivity contribution is 7.91. The van der Waals surface area contributed by atoms with Gasteiger partial charge in [-0.2, -0.15) is 0 Å². The summed E-state index contributed by atoms with van der Waals surface area (Å²) in [5.41, 5.74) is 0.483. The molecule has 1 atom stereocenters. The predicted molar refractivity (Wildman–Crippen MR) is 124 cm³/mol. The fraction of sp³-hybridized carbons (Fsp3) is 0.476. The van der Waals surface area contributed by atoms with Gasteiger partial charge in [-0.3, -0.25) is 4.79 Å². The predicted octanol–water partition coefficient (Wildman–Crippen LogP) is 2.54. The molecule has 9 nitrogen and oxygen atoms in total. The summed E-state index contributed by atoms with van der Waals surface area (Å²) in [6, 6.07) is 6.51. The number of ether oxygens (including phenoxy) is 1. The van der Waals surface area contributed by atoms with Gasteiger partial charge in [-0.15, -0.1) is 0 Å². The monoisotopic (exact) mass is 515 g/mol. The van der Waals surface area contributed by atoms with Gasteiger partial charge in [0.25, 0.3) is 5.91 Å². The molecule has 0 bridgehead atoms. The van der Waals surface area contributed by atoms with Crippen LogP contribution in [0.15, 0.2) is 35.6 Å². The first-order valence-electron chi connectivity index (χ1n) is 10.5. The summed E-state index contributed by atoms with van der Waals surface area (Å²) < 4.78 is 54.5. The number of nitrogens with zero attached hydrogens (tertiary/aromatic N) is 3. The molecule has 1 fully saturated rings. The van der Waals surface area contributed by atoms with Crippen LogP contribution in [0.1, 0.15) is 42.7 Å². The van der Waals surface area contributed by atoms with Gasteiger partial charge in [0, 0.05) is 12.6 Å². The Hall–Kier alpha value is -2.24. The Morgan fingerprint density at radius 1 is 1.24 bits per heavy atom. The molecule has 1 aromatic heterocycles. The molecule has 3 rings (SSSR count). The number of carbonyl (C=O) groups is 1. The highest BCUT2D eigenvalue weighted by atomic mass is 35.5. The van der Waals surface area contributed by atoms with Crippen molar-refractivity contribution in [1.29, 1.82) is 0 Å². The molecule has 2 aromatic rings. The highest BCUT2D eigenvalue weighted by Crippen LogP contribution is 2.25. The van der Waals surface area contributed by atoms with Crippen molar-refractivity contribution >= 4 is 37.2 Å². The topological polar surface area (TPSA) is 124 Å². The second kappa shape index (κ2) is 10.4. The summed E-state index contributed by atoms with van der Waals surface area (Å²) >= 11 is 6.18. The van der Waals surface area contributed by atoms with E-state index in [9.17, 15) is 21.6 Å². The largest absolute Gasteiger partial charge is 0.494 e. The van der Waals surface area contributed by atoms with E-state index < -0.39 is 36.8 Å². The van der Waals surface area contributed by atoms with E-state index in [0.29, 0.717) is 18.8 Å². The van der Waals surface area contributed by atoms with Gasteiger partial charge in [-0.25, -0.2) is 26.8 Å². The van der Waals surface area contributed by atoms with Gasteiger partial charge in [-0.1, -0.05) is 30.7 Å². The zero-order chi connectivity index (χ0) is 24.2. The average molecular weight is 516 g/mol. The van der Waals surface area contributed by atoms with Gasteiger partial charge in [0.2, 0.25) is 15.0 Å². The lowest BCUT2D eigenvalue weighted by Crippen LogP contribution is -2.41. The average Bonchev–Trinajstić information content (AvgIpc) is 3.12. The van der Waals surface area contributed by atoms with Crippen LogP contribution in [0, 0.1) is 0 Å². The number of sulfone groups is 2. The molecule has 0 saturated carbocycles. The maximum atomic E-state index is 13.5. The lowest BCUT2D eigenvalue weighted by molar-refractivity contribution is 0.0674. The normalized spacial score (nSPS) is 17.6. The van der Waals surface area contributed by atoms with Crippen molar-refractivity contribution in [2.24, 2.45) is 0 Å². The van der Waals surface area contributed by atoms with Gasteiger partial charge >= 0.3 is 0 Å². The molecule has 2 heterocycles. The maximum Gasteiger partial charge on any atom is 0.274 e. The van der Waals surface area contributed by atoms with E-state index >= 15 is 0 Å². The van der Waals surface area contributed by atoms with Crippen molar-refractivity contribution in [1.82, 2.24) is 14.9 Å². The van der Waals surface area contributed by atoms with Crippen molar-refractivity contribution in [3.05, 3.63) is 46.7 Å². The van der Waals surface area contributed by atoms with E-state index in [1.54, 1.807) is 31.2 Å². The smallest absolute Gasteiger partial charge is 0.274 e. The summed E-state index contributed by atoms with van der Waals surface area (Å²) in [7, 11) is -7.06. The molecule has 1 saturated heterocycles. The van der Waals surface area contributed by atoms with Gasteiger partial charge in [0.15, 0.2) is 15.5 Å². The van der Waals surface area contributed by atoms with Gasteiger partial charge in [0.05, 0.1) is 35.1 Å². The molecule has 0 aliphatic carbocycles. The fourth-order valence-electron chi connectivity index (χ4n) is 3.59. The summed E-state index contributed by atoms with van der Waals surface area (Å²) in [4.78, 5) is 22.7. The summed E-state index contributed by atoms with van der Waals surface area (Å²) in [5, 5.41) is -0.579. The van der Waals surface area contributed by atoms with Crippen LogP contribution in [-0.4, -0.2) is 67.5 Å². The number of carbonyl (C=O) groups excluding carboxylic acids is 1. The minimum Gasteiger partial charge on any atom is -0.494 e. The fourth-order valence-corrected chi connectivity index (χ4v) is 6.66. The van der Waals surface area contributed by atoms with Gasteiger partial charge in [0.1, 0.15) is 5.75 Å². The quantitative estimate of drug-likeness (QED) is 0.467. The summed E-state index contributed by atoms with van der Waals surface area (Å²) in [6.07, 6.45) is 1.72. The van der Waals surface area contributed by atoms with Crippen molar-refractivity contribution in [2.75, 3.05) is 23.9 Å². The van der Waals surface area contributed by atoms with Crippen LogP contribution in [0.25, 0.3) is 0 Å². The second-order valence-corrected chi connectivity index (χ2v) is 12.4. The first-order valence-corrected chi connectivity index (χ1v) is 14.4. The standard InChI is InChI=1S/C21H26ClN3O6S2/c1-3-10-33(29,30)21-23-12-18(22)19(24-21)20(26)25(16-9-11-32(27,28)14-16)13-15-5-7-17(8-6-15)31-4-2/h5-8,12,16H,3-4,9-11,13-14H2,1-2H3. The van der Waals surface area contributed by atoms with E-state index in [0.717, 1.165) is 11.8 Å². The second-order valence-electron chi connectivity index (χ2n) is 7.73. The zero-order valence-corrected chi connectivity index (χ0v) is 20.8. The number of aromatic nitrogens is 2. The van der Waals surface area contributed by atoms with Gasteiger partial charge in [-0.05, 0) is 37.5 Å². The Kier molecular flexibility index (Phi) is 7.96. The summed E-state index contributed by atoms with van der Waals surface area (Å²) in [5.74, 6) is -0.352. The molecule has 33 heavy (non-hydrogen) atoms. The first-order chi connectivity index (χ1) is 15.6. The Bertz CT molecular complexity index is 1220. The minimum absolute atomic E-state index is 0.0294. The number of amides is 1. The van der Waals surface area contributed by atoms with Crippen LogP contribution >= 0.6 is 11.6 Å².